The van der Waals surface area contributed by atoms with Gasteiger partial charge in [0.25, 0.3) is 11.5 Å². The summed E-state index contributed by atoms with van der Waals surface area (Å²) in [4.78, 5) is 34.9. The van der Waals surface area contributed by atoms with Crippen LogP contribution in [0.3, 0.4) is 0 Å². The van der Waals surface area contributed by atoms with Gasteiger partial charge in [-0.2, -0.15) is 0 Å². The van der Waals surface area contributed by atoms with Crippen LogP contribution in [0.15, 0.2) is 15.8 Å². The van der Waals surface area contributed by atoms with Gasteiger partial charge in [0.05, 0.1) is 0 Å². The van der Waals surface area contributed by atoms with Crippen LogP contribution in [0.5, 0.6) is 0 Å². The largest absolute Gasteiger partial charge is 0.328 e. The second-order valence-electron chi connectivity index (χ2n) is 2.31. The molecule has 0 aliphatic carbocycles. The molecule has 0 aliphatic heterocycles. The quantitative estimate of drug-likeness (QED) is 0.354. The smallest absolute Gasteiger partial charge is 0.313 e. The number of amides is 1. The van der Waals surface area contributed by atoms with Crippen molar-refractivity contribution in [3.63, 3.8) is 0 Å². The van der Waals surface area contributed by atoms with Gasteiger partial charge >= 0.3 is 5.69 Å². The summed E-state index contributed by atoms with van der Waals surface area (Å²) in [5.41, 5.74) is -0.428. The highest BCUT2D eigenvalue weighted by molar-refractivity contribution is 5.92. The summed E-state index contributed by atoms with van der Waals surface area (Å²) >= 11 is 0. The molecule has 0 bridgehead atoms. The zero-order valence-corrected chi connectivity index (χ0v) is 6.70. The van der Waals surface area contributed by atoms with Crippen LogP contribution in [0, 0.1) is 0 Å². The highest BCUT2D eigenvalue weighted by Crippen LogP contribution is 1.83. The number of hydrogen-bond acceptors (Lipinski definition) is 4. The van der Waals surface area contributed by atoms with Crippen LogP contribution in [0.25, 0.3) is 0 Å². The van der Waals surface area contributed by atoms with E-state index in [1.807, 2.05) is 0 Å². The molecule has 1 aromatic heterocycles. The lowest BCUT2D eigenvalue weighted by Crippen LogP contribution is -2.38. The van der Waals surface area contributed by atoms with E-state index in [-0.39, 0.29) is 5.56 Å². The topological polar surface area (TPSA) is 104 Å². The van der Waals surface area contributed by atoms with E-state index < -0.39 is 17.2 Å². The van der Waals surface area contributed by atoms with Crippen LogP contribution in [0.2, 0.25) is 0 Å². The number of rotatable bonds is 1. The fourth-order valence-electron chi connectivity index (χ4n) is 0.788. The number of H-pyrrole nitrogens is 1. The van der Waals surface area contributed by atoms with E-state index in [9.17, 15) is 14.4 Å². The molecule has 0 unspecified atom stereocenters. The molecule has 0 radical (unpaired) electrons. The molecular weight excluding hydrogens is 178 g/mol. The molecule has 0 saturated carbocycles. The molecule has 0 spiro atoms. The van der Waals surface area contributed by atoms with Gasteiger partial charge in [-0.25, -0.2) is 10.3 Å². The zero-order valence-electron chi connectivity index (χ0n) is 6.70. The van der Waals surface area contributed by atoms with E-state index in [0.29, 0.717) is 0 Å². The fourth-order valence-corrected chi connectivity index (χ4v) is 0.788. The minimum absolute atomic E-state index is 0.329. The van der Waals surface area contributed by atoms with Gasteiger partial charge in [0.1, 0.15) is 5.56 Å². The highest BCUT2D eigenvalue weighted by Gasteiger charge is 2.11. The molecule has 7 heteroatoms. The zero-order chi connectivity index (χ0) is 10.0. The van der Waals surface area contributed by atoms with Crippen LogP contribution >= 0.6 is 0 Å². The maximum Gasteiger partial charge on any atom is 0.328 e. The molecular formula is C6H7N3O4. The summed E-state index contributed by atoms with van der Waals surface area (Å²) in [5.74, 6) is -0.961. The number of aromatic nitrogens is 2. The molecule has 13 heavy (non-hydrogen) atoms. The van der Waals surface area contributed by atoms with Crippen molar-refractivity contribution in [2.75, 3.05) is 0 Å². The Kier molecular flexibility index (Phi) is 2.29. The number of carbonyl (C=O) groups is 1. The minimum atomic E-state index is -0.961. The van der Waals surface area contributed by atoms with Gasteiger partial charge < -0.3 is 4.98 Å². The summed E-state index contributed by atoms with van der Waals surface area (Å²) < 4.78 is 0.727. The summed E-state index contributed by atoms with van der Waals surface area (Å²) in [5, 5.41) is 8.23. The summed E-state index contributed by atoms with van der Waals surface area (Å²) in [6, 6.07) is 0. The van der Waals surface area contributed by atoms with Gasteiger partial charge in [-0.15, -0.1) is 0 Å². The number of nitrogens with zero attached hydrogens (tertiary/aromatic N) is 1. The Morgan fingerprint density at radius 1 is 1.62 bits per heavy atom. The van der Waals surface area contributed by atoms with Crippen molar-refractivity contribution in [3.8, 4) is 0 Å². The van der Waals surface area contributed by atoms with Crippen LogP contribution < -0.4 is 16.7 Å². The van der Waals surface area contributed by atoms with E-state index in [2.05, 4.69) is 4.98 Å². The first kappa shape index (κ1) is 9.20. The summed E-state index contributed by atoms with van der Waals surface area (Å²) in [7, 11) is 1.22. The average molecular weight is 185 g/mol. The van der Waals surface area contributed by atoms with E-state index in [0.717, 1.165) is 10.8 Å². The molecule has 1 aromatic rings. The predicted molar refractivity (Wildman–Crippen MR) is 41.6 cm³/mol. The van der Waals surface area contributed by atoms with Gasteiger partial charge in [-0.1, -0.05) is 0 Å². The number of aromatic amines is 1. The molecule has 0 aromatic carbocycles. The average Bonchev–Trinajstić information content (AvgIpc) is 2.13. The van der Waals surface area contributed by atoms with Crippen molar-refractivity contribution >= 4 is 5.91 Å². The summed E-state index contributed by atoms with van der Waals surface area (Å²) in [6.07, 6.45) is 0.941. The maximum absolute atomic E-state index is 11.2. The standard InChI is InChI=1S/C6H7N3O4/c1-9-5(11)3(4(10)8-13)2-7-6(9)12/h2,13H,1H3,(H,7,12)(H,8,10). The van der Waals surface area contributed by atoms with Gasteiger partial charge in [-0.05, 0) is 0 Å². The summed E-state index contributed by atoms with van der Waals surface area (Å²) in [6.45, 7) is 0. The maximum atomic E-state index is 11.2. The Hall–Kier alpha value is -1.89. The van der Waals surface area contributed by atoms with E-state index in [1.54, 1.807) is 0 Å². The number of hydroxylamine groups is 1. The molecule has 1 rings (SSSR count). The van der Waals surface area contributed by atoms with Crippen molar-refractivity contribution in [2.45, 2.75) is 0 Å². The lowest BCUT2D eigenvalue weighted by Gasteiger charge is -1.99. The van der Waals surface area contributed by atoms with Crippen molar-refractivity contribution in [3.05, 3.63) is 32.6 Å². The molecule has 0 aliphatic rings. The Balaban J connectivity index is 3.44. The van der Waals surface area contributed by atoms with E-state index in [4.69, 9.17) is 5.21 Å². The monoisotopic (exact) mass is 185 g/mol. The third-order valence-corrected chi connectivity index (χ3v) is 1.53. The minimum Gasteiger partial charge on any atom is -0.313 e. The first-order chi connectivity index (χ1) is 6.07. The molecule has 7 nitrogen and oxygen atoms in total. The third-order valence-electron chi connectivity index (χ3n) is 1.53. The van der Waals surface area contributed by atoms with Crippen LogP contribution in [0.1, 0.15) is 10.4 Å². The van der Waals surface area contributed by atoms with Gasteiger partial charge in [0.15, 0.2) is 0 Å². The van der Waals surface area contributed by atoms with Gasteiger partial charge in [-0.3, -0.25) is 19.4 Å². The Morgan fingerprint density at radius 3 is 2.77 bits per heavy atom. The lowest BCUT2D eigenvalue weighted by molar-refractivity contribution is 0.0703. The Bertz CT molecular complexity index is 444. The Labute approximate surface area is 71.6 Å². The Morgan fingerprint density at radius 2 is 2.23 bits per heavy atom. The van der Waals surface area contributed by atoms with Crippen molar-refractivity contribution in [1.29, 1.82) is 0 Å². The molecule has 1 amide bonds. The van der Waals surface area contributed by atoms with Crippen LogP contribution in [0.4, 0.5) is 0 Å². The SMILES string of the molecule is Cn1c(=O)[nH]cc(C(=O)NO)c1=O. The number of nitrogens with one attached hydrogen (secondary N) is 2. The molecule has 1 heterocycles. The molecule has 0 fully saturated rings. The highest BCUT2D eigenvalue weighted by atomic mass is 16.5. The fraction of sp³-hybridized carbons (Fsp3) is 0.167. The normalized spacial score (nSPS) is 9.69. The second kappa shape index (κ2) is 3.23. The van der Waals surface area contributed by atoms with Crippen LogP contribution in [-0.2, 0) is 7.05 Å². The van der Waals surface area contributed by atoms with Gasteiger partial charge in [0, 0.05) is 13.2 Å². The molecule has 3 N–H and O–H groups in total. The van der Waals surface area contributed by atoms with Crippen molar-refractivity contribution in [1.82, 2.24) is 15.0 Å². The lowest BCUT2D eigenvalue weighted by atomic mass is 10.3. The number of carbonyl (C=O) groups excluding carboxylic acids is 1. The third kappa shape index (κ3) is 1.49. The number of hydrogen-bond donors (Lipinski definition) is 3. The van der Waals surface area contributed by atoms with Crippen LogP contribution in [-0.4, -0.2) is 20.7 Å². The van der Waals surface area contributed by atoms with E-state index >= 15 is 0 Å². The van der Waals surface area contributed by atoms with Crippen molar-refractivity contribution in [2.24, 2.45) is 7.05 Å². The molecule has 0 saturated heterocycles. The predicted octanol–water partition coefficient (Wildman–Crippen LogP) is -1.81. The van der Waals surface area contributed by atoms with E-state index in [1.165, 1.54) is 12.5 Å². The molecule has 70 valence electrons. The first-order valence-corrected chi connectivity index (χ1v) is 3.31. The second-order valence-corrected chi connectivity index (χ2v) is 2.31. The molecule has 0 atom stereocenters. The first-order valence-electron chi connectivity index (χ1n) is 3.31. The van der Waals surface area contributed by atoms with Gasteiger partial charge in [0.2, 0.25) is 0 Å². The van der Waals surface area contributed by atoms with Crippen molar-refractivity contribution < 1.29 is 10.0 Å².